The van der Waals surface area contributed by atoms with Crippen LogP contribution in [0.4, 0.5) is 0 Å². The second-order valence-electron chi connectivity index (χ2n) is 9.35. The predicted molar refractivity (Wildman–Crippen MR) is 134 cm³/mol. The van der Waals surface area contributed by atoms with Gasteiger partial charge in [-0.1, -0.05) is 26.0 Å². The van der Waals surface area contributed by atoms with Crippen molar-refractivity contribution in [2.75, 3.05) is 20.2 Å². The number of nitrogens with zero attached hydrogens (tertiary/aromatic N) is 2. The number of aryl methyl sites for hydroxylation is 1. The second-order valence-corrected chi connectivity index (χ2v) is 9.35. The molecule has 0 aliphatic carbocycles. The number of benzene rings is 2. The summed E-state index contributed by atoms with van der Waals surface area (Å²) in [4.78, 5) is 26.2. The molecule has 0 bridgehead atoms. The van der Waals surface area contributed by atoms with Gasteiger partial charge in [-0.25, -0.2) is 4.79 Å². The molecule has 6 nitrogen and oxygen atoms in total. The molecule has 6 heteroatoms. The van der Waals surface area contributed by atoms with Crippen molar-refractivity contribution in [3.63, 3.8) is 0 Å². The number of aromatic carboxylic acids is 1. The number of carboxylic acids is 1. The maximum Gasteiger partial charge on any atom is 0.335 e. The van der Waals surface area contributed by atoms with E-state index in [9.17, 15) is 14.7 Å². The van der Waals surface area contributed by atoms with Gasteiger partial charge in [-0.2, -0.15) is 0 Å². The lowest BCUT2D eigenvalue weighted by Crippen LogP contribution is -2.33. The average Bonchev–Trinajstić information content (AvgIpc) is 3.48. The van der Waals surface area contributed by atoms with E-state index >= 15 is 0 Å². The van der Waals surface area contributed by atoms with E-state index in [-0.39, 0.29) is 17.4 Å². The third-order valence-corrected chi connectivity index (χ3v) is 6.79. The number of likely N-dealkylation sites (tertiary alicyclic amines) is 1. The highest BCUT2D eigenvalue weighted by molar-refractivity contribution is 5.88. The van der Waals surface area contributed by atoms with Crippen LogP contribution in [-0.2, 0) is 24.2 Å². The molecule has 1 N–H and O–H groups in total. The fraction of sp³-hybridized carbons (Fsp3) is 0.429. The number of carbonyl (C=O) groups is 2. The van der Waals surface area contributed by atoms with E-state index in [1.54, 1.807) is 19.2 Å². The predicted octanol–water partition coefficient (Wildman–Crippen LogP) is 5.15. The van der Waals surface area contributed by atoms with Crippen molar-refractivity contribution in [2.45, 2.75) is 52.5 Å². The number of hydrogen-bond acceptors (Lipinski definition) is 3. The molecule has 0 radical (unpaired) electrons. The number of carboxylic acid groups (broad SMARTS) is 1. The molecule has 1 amide bonds. The largest absolute Gasteiger partial charge is 0.496 e. The van der Waals surface area contributed by atoms with Crippen LogP contribution in [-0.4, -0.2) is 46.6 Å². The Bertz CT molecular complexity index is 1190. The van der Waals surface area contributed by atoms with Crippen molar-refractivity contribution >= 4 is 22.8 Å². The van der Waals surface area contributed by atoms with Gasteiger partial charge < -0.3 is 19.3 Å². The topological polar surface area (TPSA) is 71.8 Å². The minimum atomic E-state index is -0.966. The Hall–Kier alpha value is -3.28. The molecule has 0 saturated carbocycles. The zero-order valence-electron chi connectivity index (χ0n) is 20.3. The van der Waals surface area contributed by atoms with Crippen LogP contribution in [0.15, 0.2) is 42.6 Å². The molecule has 34 heavy (non-hydrogen) atoms. The molecular formula is C28H34N2O4. The fourth-order valence-electron chi connectivity index (χ4n) is 5.03. The van der Waals surface area contributed by atoms with E-state index in [2.05, 4.69) is 35.9 Å². The van der Waals surface area contributed by atoms with Gasteiger partial charge in [-0.15, -0.1) is 0 Å². The van der Waals surface area contributed by atoms with Gasteiger partial charge in [0.1, 0.15) is 5.75 Å². The molecule has 1 aliphatic rings. The lowest BCUT2D eigenvalue weighted by molar-refractivity contribution is -0.133. The Morgan fingerprint density at radius 3 is 2.53 bits per heavy atom. The first-order valence-electron chi connectivity index (χ1n) is 12.2. The average molecular weight is 463 g/mol. The number of carbonyl (C=O) groups excluding carboxylic acids is 1. The summed E-state index contributed by atoms with van der Waals surface area (Å²) in [5.74, 6) is -0.172. The molecule has 1 atom stereocenters. The Balaban J connectivity index is 1.65. The fourth-order valence-corrected chi connectivity index (χ4v) is 5.03. The zero-order chi connectivity index (χ0) is 24.2. The van der Waals surface area contributed by atoms with E-state index in [0.29, 0.717) is 12.2 Å². The summed E-state index contributed by atoms with van der Waals surface area (Å²) >= 11 is 0. The van der Waals surface area contributed by atoms with Crippen LogP contribution in [0.3, 0.4) is 0 Å². The molecule has 3 aromatic rings. The van der Waals surface area contributed by atoms with Crippen LogP contribution < -0.4 is 4.74 Å². The van der Waals surface area contributed by atoms with Crippen molar-refractivity contribution < 1.29 is 19.4 Å². The lowest BCUT2D eigenvalue weighted by atomic mass is 9.96. The molecule has 1 fully saturated rings. The summed E-state index contributed by atoms with van der Waals surface area (Å²) in [6.07, 6.45) is 6.80. The Labute approximate surface area is 201 Å². The number of ether oxygens (including phenoxy) is 1. The van der Waals surface area contributed by atoms with Crippen LogP contribution in [0.25, 0.3) is 10.9 Å². The molecular weight excluding hydrogens is 428 g/mol. The van der Waals surface area contributed by atoms with Crippen molar-refractivity contribution in [1.82, 2.24) is 9.47 Å². The quantitative estimate of drug-likeness (QED) is 0.477. The van der Waals surface area contributed by atoms with Gasteiger partial charge in [0.05, 0.1) is 12.7 Å². The summed E-state index contributed by atoms with van der Waals surface area (Å²) in [5.41, 5.74) is 4.68. The van der Waals surface area contributed by atoms with Gasteiger partial charge >= 0.3 is 5.97 Å². The van der Waals surface area contributed by atoms with E-state index < -0.39 is 5.97 Å². The zero-order valence-corrected chi connectivity index (χ0v) is 20.3. The molecule has 180 valence electrons. The number of hydrogen-bond donors (Lipinski definition) is 1. The van der Waals surface area contributed by atoms with Crippen LogP contribution in [0.1, 0.15) is 60.2 Å². The van der Waals surface area contributed by atoms with Gasteiger partial charge in [-0.3, -0.25) is 4.79 Å². The van der Waals surface area contributed by atoms with Gasteiger partial charge in [0.15, 0.2) is 0 Å². The minimum Gasteiger partial charge on any atom is -0.496 e. The lowest BCUT2D eigenvalue weighted by Gasteiger charge is -2.20. The highest BCUT2D eigenvalue weighted by atomic mass is 16.5. The van der Waals surface area contributed by atoms with Gasteiger partial charge in [0, 0.05) is 49.1 Å². The first-order valence-corrected chi connectivity index (χ1v) is 12.2. The SMILES string of the molecule is CCCn1cc(Cc2ccc(C(=O)O)cc2OC)c2cc(CC(C)C(=O)N3CCCC3)ccc21. The third kappa shape index (κ3) is 4.96. The van der Waals surface area contributed by atoms with Crippen LogP contribution in [0.2, 0.25) is 0 Å². The monoisotopic (exact) mass is 462 g/mol. The summed E-state index contributed by atoms with van der Waals surface area (Å²) in [6, 6.07) is 11.6. The van der Waals surface area contributed by atoms with Gasteiger partial charge in [0.25, 0.3) is 0 Å². The maximum atomic E-state index is 12.8. The van der Waals surface area contributed by atoms with Crippen molar-refractivity contribution in [3.8, 4) is 5.75 Å². The minimum absolute atomic E-state index is 0.0413. The highest BCUT2D eigenvalue weighted by Gasteiger charge is 2.23. The molecule has 4 rings (SSSR count). The number of methoxy groups -OCH3 is 1. The first kappa shape index (κ1) is 23.9. The summed E-state index contributed by atoms with van der Waals surface area (Å²) in [6.45, 7) is 6.89. The molecule has 1 aromatic heterocycles. The van der Waals surface area contributed by atoms with Gasteiger partial charge in [-0.05, 0) is 66.6 Å². The van der Waals surface area contributed by atoms with E-state index in [4.69, 9.17) is 4.74 Å². The van der Waals surface area contributed by atoms with Crippen molar-refractivity contribution in [3.05, 3.63) is 64.8 Å². The number of rotatable bonds is 9. The standard InChI is InChI=1S/C28H34N2O4/c1-4-11-30-18-23(16-21-8-9-22(28(32)33)17-26(21)34-3)24-15-20(7-10-25(24)30)14-19(2)27(31)29-12-5-6-13-29/h7-10,15,17-19H,4-6,11-14,16H2,1-3H3,(H,32,33). The third-order valence-electron chi connectivity index (χ3n) is 6.79. The molecule has 2 heterocycles. The Kier molecular flexibility index (Phi) is 7.25. The molecule has 0 spiro atoms. The summed E-state index contributed by atoms with van der Waals surface area (Å²) in [5, 5.41) is 10.5. The van der Waals surface area contributed by atoms with E-state index in [1.807, 2.05) is 17.9 Å². The van der Waals surface area contributed by atoms with Crippen LogP contribution in [0, 0.1) is 5.92 Å². The van der Waals surface area contributed by atoms with Crippen molar-refractivity contribution in [2.24, 2.45) is 5.92 Å². The Morgan fingerprint density at radius 1 is 1.09 bits per heavy atom. The molecule has 1 saturated heterocycles. The normalized spacial score (nSPS) is 14.5. The second kappa shape index (κ2) is 10.3. The maximum absolute atomic E-state index is 12.8. The van der Waals surface area contributed by atoms with Gasteiger partial charge in [0.2, 0.25) is 5.91 Å². The molecule has 1 unspecified atom stereocenters. The molecule has 2 aromatic carbocycles. The Morgan fingerprint density at radius 2 is 1.85 bits per heavy atom. The van der Waals surface area contributed by atoms with Crippen LogP contribution >= 0.6 is 0 Å². The van der Waals surface area contributed by atoms with Crippen LogP contribution in [0.5, 0.6) is 5.75 Å². The summed E-state index contributed by atoms with van der Waals surface area (Å²) in [7, 11) is 1.57. The summed E-state index contributed by atoms with van der Waals surface area (Å²) < 4.78 is 7.80. The smallest absolute Gasteiger partial charge is 0.335 e. The van der Waals surface area contributed by atoms with E-state index in [0.717, 1.165) is 56.4 Å². The highest BCUT2D eigenvalue weighted by Crippen LogP contribution is 2.30. The van der Waals surface area contributed by atoms with E-state index in [1.165, 1.54) is 16.5 Å². The molecule has 1 aliphatic heterocycles. The number of aromatic nitrogens is 1. The number of amides is 1. The number of fused-ring (bicyclic) bond motifs is 1. The first-order chi connectivity index (χ1) is 16.4. The van der Waals surface area contributed by atoms with Crippen molar-refractivity contribution in [1.29, 1.82) is 0 Å².